The fourth-order valence-electron chi connectivity index (χ4n) is 1.43. The van der Waals surface area contributed by atoms with E-state index >= 15 is 0 Å². The van der Waals surface area contributed by atoms with E-state index in [0.29, 0.717) is 6.61 Å². The first-order chi connectivity index (χ1) is 6.77. The molecule has 1 N–H and O–H groups in total. The monoisotopic (exact) mass is 194 g/mol. The zero-order valence-corrected chi connectivity index (χ0v) is 8.09. The molecule has 1 fully saturated rings. The highest BCUT2D eigenvalue weighted by molar-refractivity contribution is 5.16. The quantitative estimate of drug-likeness (QED) is 0.736. The molecule has 14 heavy (non-hydrogen) atoms. The van der Waals surface area contributed by atoms with Crippen molar-refractivity contribution in [2.75, 3.05) is 6.61 Å². The average Bonchev–Trinajstić information content (AvgIpc) is 2.23. The molecule has 3 atom stereocenters. The first-order valence-electron chi connectivity index (χ1n) is 4.77. The molecule has 0 amide bonds. The molecule has 0 aliphatic carbocycles. The molecule has 2 rings (SSSR count). The van der Waals surface area contributed by atoms with Gasteiger partial charge in [-0.3, -0.25) is 0 Å². The summed E-state index contributed by atoms with van der Waals surface area (Å²) in [6.07, 6.45) is -1.03. The van der Waals surface area contributed by atoms with E-state index < -0.39 is 6.10 Å². The van der Waals surface area contributed by atoms with E-state index in [9.17, 15) is 5.11 Å². The number of hydrogen-bond donors (Lipinski definition) is 1. The van der Waals surface area contributed by atoms with Crippen LogP contribution in [-0.4, -0.2) is 23.9 Å². The van der Waals surface area contributed by atoms with Gasteiger partial charge in [0.25, 0.3) is 0 Å². The molecule has 0 radical (unpaired) electrons. The Kier molecular flexibility index (Phi) is 2.82. The third-order valence-corrected chi connectivity index (χ3v) is 2.37. The highest BCUT2D eigenvalue weighted by Gasteiger charge is 2.27. The Morgan fingerprint density at radius 1 is 1.29 bits per heavy atom. The summed E-state index contributed by atoms with van der Waals surface area (Å²) in [7, 11) is 0. The van der Waals surface area contributed by atoms with E-state index in [0.717, 1.165) is 5.56 Å². The van der Waals surface area contributed by atoms with Gasteiger partial charge in [0.15, 0.2) is 6.29 Å². The van der Waals surface area contributed by atoms with E-state index in [2.05, 4.69) is 0 Å². The van der Waals surface area contributed by atoms with Gasteiger partial charge in [0, 0.05) is 5.56 Å². The summed E-state index contributed by atoms with van der Waals surface area (Å²) in [6.45, 7) is 2.18. The van der Waals surface area contributed by atoms with Crippen LogP contribution in [0.4, 0.5) is 0 Å². The topological polar surface area (TPSA) is 38.7 Å². The molecule has 1 heterocycles. The van der Waals surface area contributed by atoms with Crippen LogP contribution < -0.4 is 0 Å². The van der Waals surface area contributed by atoms with Gasteiger partial charge in [-0.05, 0) is 6.92 Å². The summed E-state index contributed by atoms with van der Waals surface area (Å²) in [5.74, 6) is 0. The lowest BCUT2D eigenvalue weighted by Crippen LogP contribution is -2.38. The lowest BCUT2D eigenvalue weighted by molar-refractivity contribution is -0.251. The SMILES string of the molecule is C[C@H]1OC(c2ccccc2)OCC1O. The predicted octanol–water partition coefficient (Wildman–Crippen LogP) is 1.48. The average molecular weight is 194 g/mol. The van der Waals surface area contributed by atoms with Crippen LogP contribution in [0.2, 0.25) is 0 Å². The van der Waals surface area contributed by atoms with Crippen LogP contribution in [-0.2, 0) is 9.47 Å². The minimum absolute atomic E-state index is 0.172. The number of rotatable bonds is 1. The Balaban J connectivity index is 2.07. The van der Waals surface area contributed by atoms with Gasteiger partial charge >= 0.3 is 0 Å². The van der Waals surface area contributed by atoms with Gasteiger partial charge in [-0.1, -0.05) is 30.3 Å². The summed E-state index contributed by atoms with van der Waals surface area (Å²) >= 11 is 0. The van der Waals surface area contributed by atoms with Gasteiger partial charge in [0.2, 0.25) is 0 Å². The van der Waals surface area contributed by atoms with Gasteiger partial charge in [0.1, 0.15) is 6.10 Å². The molecule has 0 aromatic heterocycles. The van der Waals surface area contributed by atoms with Crippen molar-refractivity contribution in [1.29, 1.82) is 0 Å². The van der Waals surface area contributed by atoms with Crippen molar-refractivity contribution in [1.82, 2.24) is 0 Å². The zero-order chi connectivity index (χ0) is 9.97. The van der Waals surface area contributed by atoms with E-state index in [4.69, 9.17) is 9.47 Å². The van der Waals surface area contributed by atoms with Crippen LogP contribution in [0, 0.1) is 0 Å². The molecule has 3 nitrogen and oxygen atoms in total. The van der Waals surface area contributed by atoms with Gasteiger partial charge in [0.05, 0.1) is 12.7 Å². The Hall–Kier alpha value is -0.900. The summed E-state index contributed by atoms with van der Waals surface area (Å²) in [4.78, 5) is 0. The molecule has 3 heteroatoms. The molecular weight excluding hydrogens is 180 g/mol. The maximum absolute atomic E-state index is 9.39. The molecule has 0 saturated carbocycles. The first kappa shape index (κ1) is 9.65. The van der Waals surface area contributed by atoms with Crippen molar-refractivity contribution in [3.05, 3.63) is 35.9 Å². The maximum atomic E-state index is 9.39. The van der Waals surface area contributed by atoms with Crippen LogP contribution >= 0.6 is 0 Å². The van der Waals surface area contributed by atoms with Crippen molar-refractivity contribution in [3.8, 4) is 0 Å². The molecule has 2 unspecified atom stereocenters. The molecule has 1 aromatic rings. The third kappa shape index (κ3) is 1.95. The molecule has 0 spiro atoms. The summed E-state index contributed by atoms with van der Waals surface area (Å²) in [6, 6.07) is 9.74. The van der Waals surface area contributed by atoms with Crippen molar-refractivity contribution in [3.63, 3.8) is 0 Å². The second-order valence-corrected chi connectivity index (χ2v) is 3.48. The van der Waals surface area contributed by atoms with Crippen molar-refractivity contribution < 1.29 is 14.6 Å². The second-order valence-electron chi connectivity index (χ2n) is 3.48. The van der Waals surface area contributed by atoms with Gasteiger partial charge in [-0.25, -0.2) is 0 Å². The highest BCUT2D eigenvalue weighted by Crippen LogP contribution is 2.25. The van der Waals surface area contributed by atoms with Crippen LogP contribution in [0.25, 0.3) is 0 Å². The minimum atomic E-state index is -0.519. The molecule has 1 aliphatic heterocycles. The predicted molar refractivity (Wildman–Crippen MR) is 51.7 cm³/mol. The second kappa shape index (κ2) is 4.09. The van der Waals surface area contributed by atoms with E-state index in [1.807, 2.05) is 37.3 Å². The Labute approximate surface area is 83.3 Å². The standard InChI is InChI=1S/C11H14O3/c1-8-10(12)7-13-11(14-8)9-5-3-2-4-6-9/h2-6,8,10-12H,7H2,1H3/t8-,10?,11?/m1/s1. The Morgan fingerprint density at radius 2 is 2.00 bits per heavy atom. The highest BCUT2D eigenvalue weighted by atomic mass is 16.7. The molecule has 76 valence electrons. The van der Waals surface area contributed by atoms with E-state index in [-0.39, 0.29) is 12.4 Å². The number of ether oxygens (including phenoxy) is 2. The normalized spacial score (nSPS) is 32.9. The molecular formula is C11H14O3. The van der Waals surface area contributed by atoms with E-state index in [1.54, 1.807) is 0 Å². The van der Waals surface area contributed by atoms with Gasteiger partial charge in [-0.2, -0.15) is 0 Å². The van der Waals surface area contributed by atoms with Gasteiger partial charge < -0.3 is 14.6 Å². The lowest BCUT2D eigenvalue weighted by Gasteiger charge is -2.32. The van der Waals surface area contributed by atoms with Crippen LogP contribution in [0.3, 0.4) is 0 Å². The van der Waals surface area contributed by atoms with Crippen LogP contribution in [0.5, 0.6) is 0 Å². The molecule has 0 bridgehead atoms. The molecule has 1 saturated heterocycles. The largest absolute Gasteiger partial charge is 0.388 e. The fraction of sp³-hybridized carbons (Fsp3) is 0.455. The minimum Gasteiger partial charge on any atom is -0.388 e. The molecule has 1 aliphatic rings. The number of aliphatic hydroxyl groups excluding tert-OH is 1. The van der Waals surface area contributed by atoms with Crippen LogP contribution in [0.15, 0.2) is 30.3 Å². The lowest BCUT2D eigenvalue weighted by atomic mass is 10.1. The Bertz CT molecular complexity index is 286. The maximum Gasteiger partial charge on any atom is 0.184 e. The third-order valence-electron chi connectivity index (χ3n) is 2.37. The molecule has 1 aromatic carbocycles. The summed E-state index contributed by atoms with van der Waals surface area (Å²) in [5, 5.41) is 9.39. The number of aliphatic hydroxyl groups is 1. The first-order valence-corrected chi connectivity index (χ1v) is 4.77. The summed E-state index contributed by atoms with van der Waals surface area (Å²) in [5.41, 5.74) is 0.992. The van der Waals surface area contributed by atoms with Crippen molar-refractivity contribution >= 4 is 0 Å². The van der Waals surface area contributed by atoms with Crippen LogP contribution in [0.1, 0.15) is 18.8 Å². The smallest absolute Gasteiger partial charge is 0.184 e. The zero-order valence-electron chi connectivity index (χ0n) is 8.09. The van der Waals surface area contributed by atoms with Crippen molar-refractivity contribution in [2.24, 2.45) is 0 Å². The van der Waals surface area contributed by atoms with E-state index in [1.165, 1.54) is 0 Å². The summed E-state index contributed by atoms with van der Waals surface area (Å²) < 4.78 is 10.9. The fourth-order valence-corrected chi connectivity index (χ4v) is 1.43. The number of hydrogen-bond acceptors (Lipinski definition) is 3. The van der Waals surface area contributed by atoms with Crippen molar-refractivity contribution in [2.45, 2.75) is 25.4 Å². The van der Waals surface area contributed by atoms with Gasteiger partial charge in [-0.15, -0.1) is 0 Å². The Morgan fingerprint density at radius 3 is 2.64 bits per heavy atom. The number of benzene rings is 1.